The van der Waals surface area contributed by atoms with Gasteiger partial charge in [-0.25, -0.2) is 0 Å². The Labute approximate surface area is 188 Å². The van der Waals surface area contributed by atoms with Gasteiger partial charge >= 0.3 is 48.9 Å². The van der Waals surface area contributed by atoms with Gasteiger partial charge in [-0.05, 0) is 6.42 Å². The van der Waals surface area contributed by atoms with Crippen LogP contribution < -0.4 is 0 Å². The van der Waals surface area contributed by atoms with E-state index in [0.717, 1.165) is 12.8 Å². The van der Waals surface area contributed by atoms with Crippen LogP contribution in [-0.4, -0.2) is 67.6 Å². The van der Waals surface area contributed by atoms with Gasteiger partial charge in [0.25, 0.3) is 10.1 Å². The number of unbranched alkanes of at least 4 members (excludes halogenated alkanes) is 15. The molecule has 3 nitrogen and oxygen atoms in total. The number of rotatable bonds is 17. The Kier molecular flexibility index (Phi) is 23.0. The molecule has 0 saturated carbocycles. The second-order valence-corrected chi connectivity index (χ2v) is 8.16. The van der Waals surface area contributed by atoms with Crippen molar-refractivity contribution in [1.29, 1.82) is 0 Å². The standard InChI is InChI=1S/C18H38O3S.Ba.2H/c1-2-3-4-5-6-7-8-9-10-11-12-13-14-15-16-17-18-22(19,20)21;;;/h2-18H2,1H3,(H,19,20,21);;;/q;+2;2*-1. The molecule has 0 atom stereocenters. The van der Waals surface area contributed by atoms with E-state index in [1.165, 1.54) is 83.5 Å². The van der Waals surface area contributed by atoms with Crippen molar-refractivity contribution in [3.63, 3.8) is 0 Å². The Morgan fingerprint density at radius 3 is 1.13 bits per heavy atom. The first-order valence-corrected chi connectivity index (χ1v) is 11.1. The van der Waals surface area contributed by atoms with Gasteiger partial charge in [-0.3, -0.25) is 4.55 Å². The second-order valence-electron chi connectivity index (χ2n) is 6.59. The molecule has 0 aliphatic heterocycles. The summed E-state index contributed by atoms with van der Waals surface area (Å²) in [5, 5.41) is 0. The average Bonchev–Trinajstić information content (AvgIpc) is 2.45. The van der Waals surface area contributed by atoms with Crippen LogP contribution in [0.25, 0.3) is 0 Å². The van der Waals surface area contributed by atoms with Crippen LogP contribution in [0.5, 0.6) is 0 Å². The van der Waals surface area contributed by atoms with E-state index in [9.17, 15) is 8.42 Å². The predicted molar refractivity (Wildman–Crippen MR) is 104 cm³/mol. The molecule has 0 unspecified atom stereocenters. The normalized spacial score (nSPS) is 11.4. The van der Waals surface area contributed by atoms with Crippen molar-refractivity contribution in [3.8, 4) is 0 Å². The average molecular weight is 474 g/mol. The van der Waals surface area contributed by atoms with Crippen LogP contribution in [0.2, 0.25) is 0 Å². The van der Waals surface area contributed by atoms with E-state index in [1.807, 2.05) is 0 Å². The Balaban J connectivity index is -0.000000735. The van der Waals surface area contributed by atoms with Gasteiger partial charge in [0.2, 0.25) is 0 Å². The molecule has 1 N–H and O–H groups in total. The third kappa shape index (κ3) is 25.8. The molecule has 0 aromatic carbocycles. The van der Waals surface area contributed by atoms with E-state index in [0.29, 0.717) is 6.42 Å². The van der Waals surface area contributed by atoms with Gasteiger partial charge in [0, 0.05) is 0 Å². The molecular weight excluding hydrogens is 434 g/mol. The molecule has 138 valence electrons. The fourth-order valence-corrected chi connectivity index (χ4v) is 3.40. The van der Waals surface area contributed by atoms with Crippen LogP contribution in [-0.2, 0) is 10.1 Å². The summed E-state index contributed by atoms with van der Waals surface area (Å²) in [6.45, 7) is 2.26. The molecule has 0 heterocycles. The quantitative estimate of drug-likeness (QED) is 0.161. The topological polar surface area (TPSA) is 54.4 Å². The zero-order chi connectivity index (χ0) is 16.5. The smallest absolute Gasteiger partial charge is 1.00 e. The molecule has 0 aromatic heterocycles. The predicted octanol–water partition coefficient (Wildman–Crippen LogP) is 5.98. The Morgan fingerprint density at radius 1 is 0.609 bits per heavy atom. The molecular formula is C18H40BaO3S. The summed E-state index contributed by atoms with van der Waals surface area (Å²) < 4.78 is 29.7. The molecule has 23 heavy (non-hydrogen) atoms. The fraction of sp³-hybridized carbons (Fsp3) is 1.00. The van der Waals surface area contributed by atoms with Crippen LogP contribution in [0, 0.1) is 0 Å². The summed E-state index contributed by atoms with van der Waals surface area (Å²) in [5.74, 6) is -0.0779. The summed E-state index contributed by atoms with van der Waals surface area (Å²) in [4.78, 5) is 0. The molecule has 0 aliphatic carbocycles. The van der Waals surface area contributed by atoms with Gasteiger partial charge in [0.05, 0.1) is 5.75 Å². The third-order valence-corrected chi connectivity index (χ3v) is 5.06. The molecule has 0 aromatic rings. The van der Waals surface area contributed by atoms with Crippen molar-refractivity contribution in [2.24, 2.45) is 0 Å². The number of hydrogen-bond donors (Lipinski definition) is 1. The van der Waals surface area contributed by atoms with Gasteiger partial charge in [-0.1, -0.05) is 103 Å². The number of hydrogen-bond acceptors (Lipinski definition) is 2. The molecule has 0 rings (SSSR count). The van der Waals surface area contributed by atoms with Crippen molar-refractivity contribution < 1.29 is 15.8 Å². The van der Waals surface area contributed by atoms with Crippen LogP contribution in [0.15, 0.2) is 0 Å². The zero-order valence-corrected chi connectivity index (χ0v) is 20.7. The minimum atomic E-state index is -3.74. The minimum absolute atomic E-state index is 0. The van der Waals surface area contributed by atoms with Gasteiger partial charge in [-0.15, -0.1) is 0 Å². The van der Waals surface area contributed by atoms with Crippen LogP contribution in [0.3, 0.4) is 0 Å². The molecule has 0 amide bonds. The Hall–Kier alpha value is 1.48. The van der Waals surface area contributed by atoms with Gasteiger partial charge < -0.3 is 2.85 Å². The van der Waals surface area contributed by atoms with E-state index >= 15 is 0 Å². The summed E-state index contributed by atoms with van der Waals surface area (Å²) in [6.07, 6.45) is 20.3. The molecule has 0 aliphatic rings. The van der Waals surface area contributed by atoms with Gasteiger partial charge in [0.1, 0.15) is 0 Å². The molecule has 5 heteroatoms. The van der Waals surface area contributed by atoms with Crippen molar-refractivity contribution in [1.82, 2.24) is 0 Å². The molecule has 0 spiro atoms. The van der Waals surface area contributed by atoms with E-state index in [2.05, 4.69) is 6.92 Å². The Morgan fingerprint density at radius 2 is 0.870 bits per heavy atom. The first-order valence-electron chi connectivity index (χ1n) is 9.51. The summed E-state index contributed by atoms with van der Waals surface area (Å²) in [5.41, 5.74) is 0. The molecule has 0 radical (unpaired) electrons. The molecule has 0 fully saturated rings. The van der Waals surface area contributed by atoms with Gasteiger partial charge in [-0.2, -0.15) is 8.42 Å². The molecule has 0 bridgehead atoms. The van der Waals surface area contributed by atoms with Crippen molar-refractivity contribution in [3.05, 3.63) is 0 Å². The largest absolute Gasteiger partial charge is 2.00 e. The molecule has 0 saturated heterocycles. The summed E-state index contributed by atoms with van der Waals surface area (Å²) in [7, 11) is -3.74. The first kappa shape index (κ1) is 26.7. The SMILES string of the molecule is CCCCCCCCCCCCCCCCCCS(=O)(=O)O.[Ba+2].[H-].[H-]. The summed E-state index contributed by atoms with van der Waals surface area (Å²) in [6, 6.07) is 0. The maximum atomic E-state index is 10.5. The maximum absolute atomic E-state index is 10.5. The van der Waals surface area contributed by atoms with Crippen molar-refractivity contribution >= 4 is 59.0 Å². The minimum Gasteiger partial charge on any atom is -1.00 e. The third-order valence-electron chi connectivity index (χ3n) is 4.26. The van der Waals surface area contributed by atoms with Crippen molar-refractivity contribution in [2.45, 2.75) is 110 Å². The van der Waals surface area contributed by atoms with Crippen molar-refractivity contribution in [2.75, 3.05) is 5.75 Å². The fourth-order valence-electron chi connectivity index (χ4n) is 2.83. The van der Waals surface area contributed by atoms with Crippen LogP contribution >= 0.6 is 0 Å². The monoisotopic (exact) mass is 474 g/mol. The van der Waals surface area contributed by atoms with E-state index in [4.69, 9.17) is 4.55 Å². The van der Waals surface area contributed by atoms with Crippen LogP contribution in [0.4, 0.5) is 0 Å². The zero-order valence-electron chi connectivity index (χ0n) is 17.4. The first-order chi connectivity index (χ1) is 10.6. The Bertz CT molecular complexity index is 328. The second kappa shape index (κ2) is 19.8. The van der Waals surface area contributed by atoms with Gasteiger partial charge in [0.15, 0.2) is 0 Å². The van der Waals surface area contributed by atoms with E-state index in [1.54, 1.807) is 0 Å². The van der Waals surface area contributed by atoms with E-state index in [-0.39, 0.29) is 57.5 Å². The maximum Gasteiger partial charge on any atom is 2.00 e. The van der Waals surface area contributed by atoms with E-state index < -0.39 is 10.1 Å². The summed E-state index contributed by atoms with van der Waals surface area (Å²) >= 11 is 0. The van der Waals surface area contributed by atoms with Crippen LogP contribution in [0.1, 0.15) is 113 Å².